The van der Waals surface area contributed by atoms with Gasteiger partial charge in [0.2, 0.25) is 0 Å². The van der Waals surface area contributed by atoms with Gasteiger partial charge in [0.15, 0.2) is 0 Å². The average molecular weight is 314 g/mol. The summed E-state index contributed by atoms with van der Waals surface area (Å²) in [5.74, 6) is 1.57. The minimum Gasteiger partial charge on any atom is -0.466 e. The van der Waals surface area contributed by atoms with Crippen molar-refractivity contribution in [3.63, 3.8) is 0 Å². The predicted octanol–water partition coefficient (Wildman–Crippen LogP) is 6.30. The molecule has 2 nitrogen and oxygen atoms in total. The monoisotopic (exact) mass is 314 g/mol. The minimum atomic E-state index is 0.786. The molecule has 0 fully saturated rings. The predicted molar refractivity (Wildman–Crippen MR) is 94.6 cm³/mol. The Labute approximate surface area is 137 Å². The Kier molecular flexibility index (Phi) is 8.61. The van der Waals surface area contributed by atoms with E-state index in [0.29, 0.717) is 0 Å². The fourth-order valence-corrected chi connectivity index (χ4v) is 2.32. The van der Waals surface area contributed by atoms with Crippen LogP contribution in [-0.4, -0.2) is 0 Å². The van der Waals surface area contributed by atoms with Crippen LogP contribution in [0.4, 0.5) is 0 Å². The van der Waals surface area contributed by atoms with Gasteiger partial charge >= 0.3 is 0 Å². The average Bonchev–Trinajstić information content (AvgIpc) is 2.53. The van der Waals surface area contributed by atoms with Crippen molar-refractivity contribution in [2.45, 2.75) is 30.1 Å². The highest BCUT2D eigenvalue weighted by atomic mass is 32.2. The van der Waals surface area contributed by atoms with Crippen LogP contribution in [0.5, 0.6) is 11.5 Å². The topological polar surface area (TPSA) is 18.5 Å². The lowest BCUT2D eigenvalue weighted by molar-refractivity contribution is 0.483. The van der Waals surface area contributed by atoms with Crippen molar-refractivity contribution in [3.8, 4) is 11.5 Å². The van der Waals surface area contributed by atoms with Crippen molar-refractivity contribution >= 4 is 11.8 Å². The molecule has 0 amide bonds. The zero-order chi connectivity index (χ0) is 16.2. The van der Waals surface area contributed by atoms with Crippen LogP contribution in [-0.2, 0) is 0 Å². The lowest BCUT2D eigenvalue weighted by Crippen LogP contribution is -1.81. The maximum atomic E-state index is 5.18. The molecule has 0 unspecified atom stereocenters. The van der Waals surface area contributed by atoms with Crippen LogP contribution in [0.25, 0.3) is 0 Å². The van der Waals surface area contributed by atoms with E-state index in [1.807, 2.05) is 48.5 Å². The molecule has 0 aliphatic carbocycles. The first-order valence-corrected chi connectivity index (χ1v) is 7.98. The standard InChI is InChI=1S/C16H14O2S.C3H8/c1-3-17-13-5-9-15(10-6-13)19-16-11-7-14(8-12-16)18-4-2;1-3-2/h3-12H,1-2H2;3H2,1-2H3. The summed E-state index contributed by atoms with van der Waals surface area (Å²) in [4.78, 5) is 2.29. The summed E-state index contributed by atoms with van der Waals surface area (Å²) in [6, 6.07) is 15.7. The van der Waals surface area contributed by atoms with Crippen molar-refractivity contribution in [1.82, 2.24) is 0 Å². The number of ether oxygens (including phenoxy) is 2. The van der Waals surface area contributed by atoms with E-state index in [4.69, 9.17) is 9.47 Å². The molecule has 0 saturated carbocycles. The molecule has 2 aromatic rings. The second-order valence-electron chi connectivity index (χ2n) is 4.32. The molecule has 0 aliphatic heterocycles. The molecule has 0 aromatic heterocycles. The van der Waals surface area contributed by atoms with Crippen molar-refractivity contribution in [2.24, 2.45) is 0 Å². The van der Waals surface area contributed by atoms with Crippen LogP contribution in [0.1, 0.15) is 20.3 Å². The first-order valence-electron chi connectivity index (χ1n) is 7.16. The highest BCUT2D eigenvalue weighted by molar-refractivity contribution is 7.99. The van der Waals surface area contributed by atoms with E-state index in [9.17, 15) is 0 Å². The zero-order valence-corrected chi connectivity index (χ0v) is 13.9. The molecule has 2 rings (SSSR count). The van der Waals surface area contributed by atoms with Crippen molar-refractivity contribution < 1.29 is 9.47 Å². The van der Waals surface area contributed by atoms with Gasteiger partial charge in [-0.3, -0.25) is 0 Å². The van der Waals surface area contributed by atoms with E-state index in [1.165, 1.54) is 18.9 Å². The first-order chi connectivity index (χ1) is 10.7. The minimum absolute atomic E-state index is 0.786. The molecule has 2 aromatic carbocycles. The van der Waals surface area contributed by atoms with Gasteiger partial charge in [0.1, 0.15) is 11.5 Å². The van der Waals surface area contributed by atoms with Gasteiger partial charge < -0.3 is 9.47 Å². The summed E-state index contributed by atoms with van der Waals surface area (Å²) in [5.41, 5.74) is 0. The Morgan fingerprint density at radius 1 is 0.773 bits per heavy atom. The van der Waals surface area contributed by atoms with Crippen LogP contribution in [0.15, 0.2) is 84.0 Å². The third-order valence-corrected chi connectivity index (χ3v) is 3.34. The summed E-state index contributed by atoms with van der Waals surface area (Å²) in [7, 11) is 0. The fraction of sp³-hybridized carbons (Fsp3) is 0.158. The molecule has 0 saturated heterocycles. The van der Waals surface area contributed by atoms with Crippen LogP contribution < -0.4 is 9.47 Å². The molecule has 0 N–H and O–H groups in total. The molecule has 0 aliphatic rings. The fourth-order valence-electron chi connectivity index (χ4n) is 1.50. The van der Waals surface area contributed by atoms with Crippen molar-refractivity contribution in [2.75, 3.05) is 0 Å². The van der Waals surface area contributed by atoms with E-state index < -0.39 is 0 Å². The quantitative estimate of drug-likeness (QED) is 0.583. The van der Waals surface area contributed by atoms with Crippen LogP contribution >= 0.6 is 11.8 Å². The molecule has 0 spiro atoms. The number of hydrogen-bond acceptors (Lipinski definition) is 3. The van der Waals surface area contributed by atoms with E-state index in [2.05, 4.69) is 27.0 Å². The number of rotatable bonds is 6. The number of hydrogen-bond donors (Lipinski definition) is 0. The zero-order valence-electron chi connectivity index (χ0n) is 13.1. The SMILES string of the molecule is C=COc1ccc(Sc2ccc(OC=C)cc2)cc1.CCC. The van der Waals surface area contributed by atoms with Gasteiger partial charge in [-0.15, -0.1) is 0 Å². The molecule has 116 valence electrons. The second-order valence-corrected chi connectivity index (χ2v) is 5.47. The maximum Gasteiger partial charge on any atom is 0.126 e. The third-order valence-electron chi connectivity index (χ3n) is 2.32. The third kappa shape index (κ3) is 6.55. The van der Waals surface area contributed by atoms with Gasteiger partial charge in [-0.2, -0.15) is 0 Å². The smallest absolute Gasteiger partial charge is 0.126 e. The van der Waals surface area contributed by atoms with Gasteiger partial charge in [0.05, 0.1) is 12.5 Å². The molecular weight excluding hydrogens is 292 g/mol. The largest absolute Gasteiger partial charge is 0.466 e. The lowest BCUT2D eigenvalue weighted by Gasteiger charge is -2.04. The summed E-state index contributed by atoms with van der Waals surface area (Å²) in [6.07, 6.45) is 4.08. The summed E-state index contributed by atoms with van der Waals surface area (Å²) < 4.78 is 10.4. The Hall–Kier alpha value is -2.13. The molecule has 0 bridgehead atoms. The molecule has 0 atom stereocenters. The van der Waals surface area contributed by atoms with E-state index in [1.54, 1.807) is 11.8 Å². The highest BCUT2D eigenvalue weighted by Gasteiger charge is 1.99. The highest BCUT2D eigenvalue weighted by Crippen LogP contribution is 2.30. The van der Waals surface area contributed by atoms with Crippen molar-refractivity contribution in [3.05, 3.63) is 74.2 Å². The molecule has 3 heteroatoms. The molecular formula is C19H22O2S. The number of benzene rings is 2. The van der Waals surface area contributed by atoms with E-state index in [-0.39, 0.29) is 0 Å². The van der Waals surface area contributed by atoms with Crippen LogP contribution in [0.2, 0.25) is 0 Å². The van der Waals surface area contributed by atoms with Gasteiger partial charge in [0, 0.05) is 9.79 Å². The summed E-state index contributed by atoms with van der Waals surface area (Å²) >= 11 is 1.68. The molecule has 22 heavy (non-hydrogen) atoms. The van der Waals surface area contributed by atoms with Crippen LogP contribution in [0, 0.1) is 0 Å². The maximum absolute atomic E-state index is 5.18. The van der Waals surface area contributed by atoms with Crippen molar-refractivity contribution in [1.29, 1.82) is 0 Å². The second kappa shape index (κ2) is 10.6. The van der Waals surface area contributed by atoms with E-state index in [0.717, 1.165) is 21.3 Å². The van der Waals surface area contributed by atoms with Gasteiger partial charge in [-0.1, -0.05) is 45.2 Å². The van der Waals surface area contributed by atoms with Gasteiger partial charge in [0.25, 0.3) is 0 Å². The Balaban J connectivity index is 0.000000745. The molecule has 0 radical (unpaired) electrons. The normalized spacial score (nSPS) is 9.18. The Morgan fingerprint density at radius 3 is 1.36 bits per heavy atom. The first kappa shape index (κ1) is 17.9. The Bertz CT molecular complexity index is 507. The Morgan fingerprint density at radius 2 is 1.09 bits per heavy atom. The van der Waals surface area contributed by atoms with Crippen LogP contribution in [0.3, 0.4) is 0 Å². The van der Waals surface area contributed by atoms with Gasteiger partial charge in [-0.25, -0.2) is 0 Å². The summed E-state index contributed by atoms with van der Waals surface area (Å²) in [5, 5.41) is 0. The van der Waals surface area contributed by atoms with E-state index >= 15 is 0 Å². The van der Waals surface area contributed by atoms with Gasteiger partial charge in [-0.05, 0) is 48.5 Å². The summed E-state index contributed by atoms with van der Waals surface area (Å²) in [6.45, 7) is 11.3. The molecule has 0 heterocycles. The lowest BCUT2D eigenvalue weighted by atomic mass is 10.3.